The van der Waals surface area contributed by atoms with E-state index in [4.69, 9.17) is 16.0 Å². The number of rotatable bonds is 3. The van der Waals surface area contributed by atoms with E-state index in [0.717, 1.165) is 30.6 Å². The monoisotopic (exact) mass is 249 g/mol. The van der Waals surface area contributed by atoms with Gasteiger partial charge in [0.2, 0.25) is 10.0 Å². The summed E-state index contributed by atoms with van der Waals surface area (Å²) in [6.45, 7) is 0. The van der Waals surface area contributed by atoms with Crippen LogP contribution < -0.4 is 4.72 Å². The molecule has 1 heterocycles. The topological polar surface area (TPSA) is 59.3 Å². The van der Waals surface area contributed by atoms with Crippen molar-refractivity contribution in [3.8, 4) is 0 Å². The van der Waals surface area contributed by atoms with Crippen LogP contribution in [0.2, 0.25) is 0 Å². The summed E-state index contributed by atoms with van der Waals surface area (Å²) in [7, 11) is -3.37. The van der Waals surface area contributed by atoms with Crippen molar-refractivity contribution in [2.45, 2.75) is 25.3 Å². The number of alkyl halides is 1. The molecule has 1 aliphatic rings. The molecule has 0 saturated heterocycles. The summed E-state index contributed by atoms with van der Waals surface area (Å²) in [6, 6.07) is 1.63. The van der Waals surface area contributed by atoms with E-state index in [1.54, 1.807) is 6.26 Å². The first-order valence-electron chi connectivity index (χ1n) is 4.74. The Bertz CT molecular complexity index is 440. The molecule has 0 amide bonds. The third kappa shape index (κ3) is 2.35. The highest BCUT2D eigenvalue weighted by Crippen LogP contribution is 2.30. The molecule has 1 aromatic heterocycles. The number of sulfonamides is 1. The molecule has 1 aliphatic carbocycles. The molecular weight excluding hydrogens is 238 g/mol. The Balaban J connectivity index is 2.20. The maximum absolute atomic E-state index is 11.3. The minimum absolute atomic E-state index is 0.184. The van der Waals surface area contributed by atoms with Crippen LogP contribution in [-0.4, -0.2) is 13.6 Å². The average molecular weight is 250 g/mol. The van der Waals surface area contributed by atoms with Crippen LogP contribution in [0.3, 0.4) is 0 Å². The highest BCUT2D eigenvalue weighted by atomic mass is 35.5. The summed E-state index contributed by atoms with van der Waals surface area (Å²) < 4.78 is 30.5. The second kappa shape index (κ2) is 4.15. The highest BCUT2D eigenvalue weighted by molar-refractivity contribution is 7.90. The number of hydrogen-bond acceptors (Lipinski definition) is 3. The van der Waals surface area contributed by atoms with Crippen LogP contribution in [0.4, 0.5) is 0 Å². The fourth-order valence-electron chi connectivity index (χ4n) is 1.86. The number of halogens is 1. The zero-order valence-corrected chi connectivity index (χ0v) is 9.64. The lowest BCUT2D eigenvalue weighted by Crippen LogP contribution is -2.31. The van der Waals surface area contributed by atoms with Gasteiger partial charge in [0.25, 0.3) is 0 Å². The van der Waals surface area contributed by atoms with Gasteiger partial charge in [-0.3, -0.25) is 0 Å². The number of furan rings is 1. The molecule has 84 valence electrons. The molecule has 0 aromatic carbocycles. The van der Waals surface area contributed by atoms with E-state index in [-0.39, 0.29) is 6.04 Å². The lowest BCUT2D eigenvalue weighted by atomic mass is 9.94. The van der Waals surface area contributed by atoms with Crippen molar-refractivity contribution in [2.24, 2.45) is 0 Å². The zero-order chi connectivity index (χ0) is 10.9. The van der Waals surface area contributed by atoms with Crippen LogP contribution >= 0.6 is 11.6 Å². The minimum Gasteiger partial charge on any atom is -0.469 e. The van der Waals surface area contributed by atoms with E-state index in [9.17, 15) is 8.42 Å². The fourth-order valence-corrected chi connectivity index (χ4v) is 2.79. The Hall–Kier alpha value is -0.520. The van der Waals surface area contributed by atoms with Crippen LogP contribution in [0.5, 0.6) is 0 Å². The highest BCUT2D eigenvalue weighted by Gasteiger charge is 2.25. The van der Waals surface area contributed by atoms with Gasteiger partial charge < -0.3 is 4.42 Å². The van der Waals surface area contributed by atoms with Crippen molar-refractivity contribution < 1.29 is 12.8 Å². The smallest absolute Gasteiger partial charge is 0.226 e. The molecule has 15 heavy (non-hydrogen) atoms. The number of aryl methyl sites for hydroxylation is 1. The molecule has 0 radical (unpaired) electrons. The summed E-state index contributed by atoms with van der Waals surface area (Å²) >= 11 is 5.34. The van der Waals surface area contributed by atoms with E-state index < -0.39 is 15.2 Å². The van der Waals surface area contributed by atoms with Gasteiger partial charge in [0.15, 0.2) is 0 Å². The summed E-state index contributed by atoms with van der Waals surface area (Å²) in [5.74, 6) is 0.878. The third-order valence-corrected chi connectivity index (χ3v) is 4.31. The predicted octanol–water partition coefficient (Wildman–Crippen LogP) is 1.77. The maximum atomic E-state index is 11.3. The molecule has 1 aromatic rings. The van der Waals surface area contributed by atoms with Gasteiger partial charge in [0.1, 0.15) is 11.0 Å². The summed E-state index contributed by atoms with van der Waals surface area (Å²) in [6.07, 6.45) is 4.19. The van der Waals surface area contributed by atoms with Gasteiger partial charge in [-0.2, -0.15) is 0 Å². The molecule has 0 saturated carbocycles. The molecule has 0 bridgehead atoms. The average Bonchev–Trinajstić information content (AvgIpc) is 2.66. The third-order valence-electron chi connectivity index (χ3n) is 2.52. The molecular formula is C9H12ClNO3S. The predicted molar refractivity (Wildman–Crippen MR) is 57.2 cm³/mol. The Morgan fingerprint density at radius 1 is 1.60 bits per heavy atom. The fraction of sp³-hybridized carbons (Fsp3) is 0.556. The summed E-state index contributed by atoms with van der Waals surface area (Å²) in [5.41, 5.74) is 0.940. The first kappa shape index (κ1) is 11.0. The Morgan fingerprint density at radius 2 is 2.40 bits per heavy atom. The number of fused-ring (bicyclic) bond motifs is 1. The first-order valence-corrected chi connectivity index (χ1v) is 6.93. The molecule has 4 nitrogen and oxygen atoms in total. The quantitative estimate of drug-likeness (QED) is 0.831. The van der Waals surface area contributed by atoms with Crippen molar-refractivity contribution in [1.82, 2.24) is 4.72 Å². The van der Waals surface area contributed by atoms with Gasteiger partial charge in [-0.1, -0.05) is 0 Å². The van der Waals surface area contributed by atoms with Crippen molar-refractivity contribution in [1.29, 1.82) is 0 Å². The van der Waals surface area contributed by atoms with Crippen molar-refractivity contribution in [3.05, 3.63) is 23.7 Å². The standard InChI is InChI=1S/C9H12ClNO3S/c10-6-15(12,13)11-8-2-1-3-9-7(8)4-5-14-9/h4-5,8,11H,1-3,6H2. The molecule has 1 atom stereocenters. The van der Waals surface area contributed by atoms with Gasteiger partial charge in [-0.25, -0.2) is 13.1 Å². The van der Waals surface area contributed by atoms with E-state index in [1.807, 2.05) is 6.07 Å². The second-order valence-corrected chi connectivity index (χ2v) is 5.92. The molecule has 6 heteroatoms. The van der Waals surface area contributed by atoms with E-state index in [1.165, 1.54) is 0 Å². The van der Waals surface area contributed by atoms with E-state index >= 15 is 0 Å². The van der Waals surface area contributed by atoms with E-state index in [2.05, 4.69) is 4.72 Å². The summed E-state index contributed by atoms with van der Waals surface area (Å²) in [5, 5.41) is -0.406. The lowest BCUT2D eigenvalue weighted by Gasteiger charge is -2.21. The normalized spacial score (nSPS) is 21.3. The maximum Gasteiger partial charge on any atom is 0.226 e. The van der Waals surface area contributed by atoms with Crippen molar-refractivity contribution >= 4 is 21.6 Å². The molecule has 0 aliphatic heterocycles. The van der Waals surface area contributed by atoms with Crippen LogP contribution in [0.1, 0.15) is 30.2 Å². The van der Waals surface area contributed by atoms with Crippen LogP contribution in [0.15, 0.2) is 16.7 Å². The molecule has 1 N–H and O–H groups in total. The largest absolute Gasteiger partial charge is 0.469 e. The first-order chi connectivity index (χ1) is 7.12. The van der Waals surface area contributed by atoms with Crippen molar-refractivity contribution in [2.75, 3.05) is 5.21 Å². The van der Waals surface area contributed by atoms with Crippen LogP contribution in [0.25, 0.3) is 0 Å². The summed E-state index contributed by atoms with van der Waals surface area (Å²) in [4.78, 5) is 0. The van der Waals surface area contributed by atoms with Crippen LogP contribution in [0, 0.1) is 0 Å². The number of hydrogen-bond donors (Lipinski definition) is 1. The van der Waals surface area contributed by atoms with Crippen molar-refractivity contribution in [3.63, 3.8) is 0 Å². The second-order valence-electron chi connectivity index (χ2n) is 3.59. The molecule has 0 fully saturated rings. The Labute approximate surface area is 93.7 Å². The van der Waals surface area contributed by atoms with Crippen LogP contribution in [-0.2, 0) is 16.4 Å². The van der Waals surface area contributed by atoms with Gasteiger partial charge in [-0.15, -0.1) is 11.6 Å². The molecule has 1 unspecified atom stereocenters. The molecule has 0 spiro atoms. The number of nitrogens with one attached hydrogen (secondary N) is 1. The molecule has 2 rings (SSSR count). The SMILES string of the molecule is O=S(=O)(CCl)NC1CCCc2occc21. The Kier molecular flexibility index (Phi) is 3.04. The van der Waals surface area contributed by atoms with Gasteiger partial charge in [0, 0.05) is 12.0 Å². The Morgan fingerprint density at radius 3 is 3.13 bits per heavy atom. The van der Waals surface area contributed by atoms with E-state index in [0.29, 0.717) is 0 Å². The minimum atomic E-state index is -3.37. The lowest BCUT2D eigenvalue weighted by molar-refractivity contribution is 0.439. The van der Waals surface area contributed by atoms with Gasteiger partial charge in [0.05, 0.1) is 12.3 Å². The van der Waals surface area contributed by atoms with Gasteiger partial charge >= 0.3 is 0 Å². The van der Waals surface area contributed by atoms with Gasteiger partial charge in [-0.05, 0) is 18.9 Å². The zero-order valence-electron chi connectivity index (χ0n) is 8.07.